The minimum absolute atomic E-state index is 0.0192. The van der Waals surface area contributed by atoms with Gasteiger partial charge in [-0.2, -0.15) is 0 Å². The summed E-state index contributed by atoms with van der Waals surface area (Å²) in [4.78, 5) is 17.9. The summed E-state index contributed by atoms with van der Waals surface area (Å²) in [5, 5.41) is 20.3. The average Bonchev–Trinajstić information content (AvgIpc) is 3.15. The molecule has 0 saturated heterocycles. The first kappa shape index (κ1) is 24.8. The monoisotopic (exact) mass is 487 g/mol. The van der Waals surface area contributed by atoms with Crippen molar-refractivity contribution in [2.75, 3.05) is 7.11 Å². The van der Waals surface area contributed by atoms with Gasteiger partial charge >= 0.3 is 5.97 Å². The molecule has 0 spiro atoms. The molecule has 0 amide bonds. The predicted octanol–water partition coefficient (Wildman–Crippen LogP) is 4.68. The van der Waals surface area contributed by atoms with Crippen molar-refractivity contribution in [3.8, 4) is 11.4 Å². The van der Waals surface area contributed by atoms with Crippen molar-refractivity contribution in [3.63, 3.8) is 0 Å². The molecule has 1 aromatic heterocycles. The van der Waals surface area contributed by atoms with Gasteiger partial charge in [0.1, 0.15) is 23.2 Å². The number of aromatic nitrogens is 3. The molecule has 0 bridgehead atoms. The molecule has 186 valence electrons. The van der Waals surface area contributed by atoms with E-state index in [2.05, 4.69) is 15.4 Å². The van der Waals surface area contributed by atoms with Gasteiger partial charge in [-0.3, -0.25) is 14.4 Å². The van der Waals surface area contributed by atoms with E-state index in [-0.39, 0.29) is 12.4 Å². The first-order valence-corrected chi connectivity index (χ1v) is 11.5. The lowest BCUT2D eigenvalue weighted by Gasteiger charge is -2.20. The number of carbonyl (C=O) groups excluding carboxylic acids is 1. The molecule has 0 aliphatic carbocycles. The maximum absolute atomic E-state index is 12.8. The molecule has 1 aliphatic rings. The summed E-state index contributed by atoms with van der Waals surface area (Å²) in [5.74, 6) is 1.58. The summed E-state index contributed by atoms with van der Waals surface area (Å²) in [6.45, 7) is 7.38. The Kier molecular flexibility index (Phi) is 7.00. The minimum Gasteiger partial charge on any atom is -0.497 e. The molecular formula is C27H29N5O4. The first-order chi connectivity index (χ1) is 17.2. The van der Waals surface area contributed by atoms with Gasteiger partial charge < -0.3 is 14.7 Å². The molecular weight excluding hydrogens is 458 g/mol. The van der Waals surface area contributed by atoms with E-state index in [1.165, 1.54) is 6.21 Å². The average molecular weight is 488 g/mol. The number of nitrogens with zero attached hydrogens (tertiary/aromatic N) is 5. The number of allylic oxidation sites excluding steroid dienone is 1. The van der Waals surface area contributed by atoms with Crippen molar-refractivity contribution in [2.24, 2.45) is 10.1 Å². The van der Waals surface area contributed by atoms with Crippen molar-refractivity contribution in [2.45, 2.75) is 45.8 Å². The number of rotatable bonds is 6. The predicted molar refractivity (Wildman–Crippen MR) is 137 cm³/mol. The van der Waals surface area contributed by atoms with Crippen molar-refractivity contribution < 1.29 is 19.5 Å². The Labute approximate surface area is 209 Å². The molecule has 0 radical (unpaired) electrons. The summed E-state index contributed by atoms with van der Waals surface area (Å²) in [5.41, 5.74) is 3.57. The smallest absolute Gasteiger partial charge is 0.308 e. The summed E-state index contributed by atoms with van der Waals surface area (Å²) < 4.78 is 13.0. The molecule has 1 N–H and O–H groups in total. The standard InChI is InChI=1S/C27H29N5O4/c1-17-30-31-26-22(16-24(33)36-27(2,3)4)29-25(19-10-8-18(9-11-19)7-6-14-28-34)21-15-20(35-5)12-13-23(21)32(17)26/h6-15,22,34H,16H2,1-5H3/b7-6+,28-14-/t22-/m0/s1. The summed E-state index contributed by atoms with van der Waals surface area (Å²) in [7, 11) is 1.62. The maximum atomic E-state index is 12.8. The minimum atomic E-state index is -0.613. The lowest BCUT2D eigenvalue weighted by atomic mass is 9.98. The number of aryl methyl sites for hydroxylation is 1. The van der Waals surface area contributed by atoms with Gasteiger partial charge in [-0.15, -0.1) is 10.2 Å². The molecule has 1 atom stereocenters. The summed E-state index contributed by atoms with van der Waals surface area (Å²) >= 11 is 0. The van der Waals surface area contributed by atoms with E-state index < -0.39 is 11.6 Å². The van der Waals surface area contributed by atoms with Crippen molar-refractivity contribution >= 4 is 24.0 Å². The van der Waals surface area contributed by atoms with Crippen LogP contribution in [0.1, 0.15) is 61.6 Å². The van der Waals surface area contributed by atoms with E-state index >= 15 is 0 Å². The zero-order valence-electron chi connectivity index (χ0n) is 21.0. The van der Waals surface area contributed by atoms with Gasteiger partial charge in [-0.05, 0) is 57.5 Å². The fourth-order valence-electron chi connectivity index (χ4n) is 4.05. The number of ether oxygens (including phenoxy) is 2. The van der Waals surface area contributed by atoms with E-state index in [4.69, 9.17) is 19.7 Å². The van der Waals surface area contributed by atoms with Crippen LogP contribution in [0.25, 0.3) is 11.8 Å². The number of hydrogen-bond acceptors (Lipinski definition) is 8. The lowest BCUT2D eigenvalue weighted by Crippen LogP contribution is -2.25. The highest BCUT2D eigenvalue weighted by Crippen LogP contribution is 2.34. The van der Waals surface area contributed by atoms with Crippen LogP contribution in [0, 0.1) is 6.92 Å². The third-order valence-corrected chi connectivity index (χ3v) is 5.54. The Morgan fingerprint density at radius 3 is 2.58 bits per heavy atom. The normalized spacial score (nSPS) is 15.4. The second-order valence-corrected chi connectivity index (χ2v) is 9.35. The van der Waals surface area contributed by atoms with E-state index in [0.717, 1.165) is 22.4 Å². The number of aliphatic imine (C=N–C) groups is 1. The zero-order chi connectivity index (χ0) is 25.9. The first-order valence-electron chi connectivity index (χ1n) is 11.5. The largest absolute Gasteiger partial charge is 0.497 e. The van der Waals surface area contributed by atoms with Crippen LogP contribution in [-0.2, 0) is 9.53 Å². The quantitative estimate of drug-likeness (QED) is 0.234. The van der Waals surface area contributed by atoms with Gasteiger partial charge in [-0.25, -0.2) is 0 Å². The fraction of sp³-hybridized carbons (Fsp3) is 0.296. The van der Waals surface area contributed by atoms with Crippen molar-refractivity contribution in [3.05, 3.63) is 76.9 Å². The molecule has 0 fully saturated rings. The van der Waals surface area contributed by atoms with E-state index in [9.17, 15) is 4.79 Å². The SMILES string of the molecule is COc1ccc2c(c1)C(c1ccc(/C=C/C=N\O)cc1)=N[C@@H](CC(=O)OC(C)(C)C)c1nnc(C)n1-2. The molecule has 3 aromatic rings. The topological polar surface area (TPSA) is 111 Å². The van der Waals surface area contributed by atoms with Crippen LogP contribution < -0.4 is 4.74 Å². The van der Waals surface area contributed by atoms with Gasteiger partial charge in [0.05, 0.1) is 31.1 Å². The molecule has 0 saturated carbocycles. The number of carbonyl (C=O) groups is 1. The molecule has 36 heavy (non-hydrogen) atoms. The molecule has 9 heteroatoms. The Hall–Kier alpha value is -4.27. The second-order valence-electron chi connectivity index (χ2n) is 9.35. The highest BCUT2D eigenvalue weighted by Gasteiger charge is 2.31. The Balaban J connectivity index is 1.86. The fourth-order valence-corrected chi connectivity index (χ4v) is 4.05. The van der Waals surface area contributed by atoms with Crippen LogP contribution in [-0.4, -0.2) is 50.6 Å². The van der Waals surface area contributed by atoms with Crippen LogP contribution in [0.15, 0.2) is 58.7 Å². The highest BCUT2D eigenvalue weighted by atomic mass is 16.6. The Morgan fingerprint density at radius 2 is 1.92 bits per heavy atom. The third-order valence-electron chi connectivity index (χ3n) is 5.54. The molecule has 4 rings (SSSR count). The van der Waals surface area contributed by atoms with E-state index in [1.54, 1.807) is 13.2 Å². The zero-order valence-corrected chi connectivity index (χ0v) is 21.0. The van der Waals surface area contributed by atoms with Gasteiger partial charge in [0.2, 0.25) is 0 Å². The van der Waals surface area contributed by atoms with Crippen LogP contribution >= 0.6 is 0 Å². The van der Waals surface area contributed by atoms with Crippen molar-refractivity contribution in [1.29, 1.82) is 0 Å². The Bertz CT molecular complexity index is 1350. The number of benzene rings is 2. The van der Waals surface area contributed by atoms with Crippen LogP contribution in [0.5, 0.6) is 5.75 Å². The van der Waals surface area contributed by atoms with Gasteiger partial charge in [0.15, 0.2) is 5.82 Å². The molecule has 9 nitrogen and oxygen atoms in total. The summed E-state index contributed by atoms with van der Waals surface area (Å²) in [6, 6.07) is 13.0. The molecule has 2 aromatic carbocycles. The third kappa shape index (κ3) is 5.35. The Morgan fingerprint density at radius 1 is 1.17 bits per heavy atom. The maximum Gasteiger partial charge on any atom is 0.308 e. The number of hydrogen-bond donors (Lipinski definition) is 1. The molecule has 0 unspecified atom stereocenters. The number of fused-ring (bicyclic) bond motifs is 3. The highest BCUT2D eigenvalue weighted by molar-refractivity contribution is 6.15. The van der Waals surface area contributed by atoms with Gasteiger partial charge in [0.25, 0.3) is 0 Å². The lowest BCUT2D eigenvalue weighted by molar-refractivity contribution is -0.155. The van der Waals surface area contributed by atoms with Crippen LogP contribution in [0.3, 0.4) is 0 Å². The van der Waals surface area contributed by atoms with Crippen molar-refractivity contribution in [1.82, 2.24) is 14.8 Å². The van der Waals surface area contributed by atoms with Crippen LogP contribution in [0.2, 0.25) is 0 Å². The number of esters is 1. The van der Waals surface area contributed by atoms with Gasteiger partial charge in [-0.1, -0.05) is 35.5 Å². The number of methoxy groups -OCH3 is 1. The molecule has 2 heterocycles. The van der Waals surface area contributed by atoms with E-state index in [1.807, 2.05) is 80.8 Å². The van der Waals surface area contributed by atoms with Gasteiger partial charge in [0, 0.05) is 11.1 Å². The molecule has 1 aliphatic heterocycles. The second kappa shape index (κ2) is 10.2. The van der Waals surface area contributed by atoms with E-state index in [0.29, 0.717) is 23.1 Å². The van der Waals surface area contributed by atoms with Crippen LogP contribution in [0.4, 0.5) is 0 Å². The number of oxime groups is 1. The summed E-state index contributed by atoms with van der Waals surface area (Å²) in [6.07, 6.45) is 4.78.